The number of benzene rings is 2. The number of nitrogens with two attached hydrogens (primary N) is 1. The fourth-order valence-electron chi connectivity index (χ4n) is 2.78. The SMILES string of the molecule is CC(C)Oc1ccc(S(N)(=O)=O)cc1N(S)C(=O)Nc1cccc2ncn(C)c12. The maximum atomic E-state index is 12.9. The number of carbonyl (C=O) groups excluding carboxylic acids is 1. The van der Waals surface area contributed by atoms with Crippen LogP contribution in [0, 0.1) is 0 Å². The van der Waals surface area contributed by atoms with Gasteiger partial charge in [-0.2, -0.15) is 0 Å². The van der Waals surface area contributed by atoms with Crippen LogP contribution in [0.3, 0.4) is 0 Å². The summed E-state index contributed by atoms with van der Waals surface area (Å²) < 4.78 is 31.9. The Labute approximate surface area is 174 Å². The number of aryl methyl sites for hydroxylation is 1. The molecule has 0 aliphatic heterocycles. The summed E-state index contributed by atoms with van der Waals surface area (Å²) in [6, 6.07) is 8.71. The summed E-state index contributed by atoms with van der Waals surface area (Å²) >= 11 is 4.27. The zero-order valence-corrected chi connectivity index (χ0v) is 17.7. The maximum Gasteiger partial charge on any atom is 0.336 e. The summed E-state index contributed by atoms with van der Waals surface area (Å²) in [5, 5.41) is 7.98. The molecule has 154 valence electrons. The fourth-order valence-corrected chi connectivity index (χ4v) is 3.52. The predicted octanol–water partition coefficient (Wildman–Crippen LogP) is 2.89. The monoisotopic (exact) mass is 435 g/mol. The molecule has 0 saturated carbocycles. The van der Waals surface area contributed by atoms with Crippen LogP contribution in [0.4, 0.5) is 16.2 Å². The summed E-state index contributed by atoms with van der Waals surface area (Å²) in [6.07, 6.45) is 1.44. The largest absolute Gasteiger partial charge is 0.489 e. The van der Waals surface area contributed by atoms with Crippen LogP contribution in [0.1, 0.15) is 13.8 Å². The minimum absolute atomic E-state index is 0.142. The van der Waals surface area contributed by atoms with Crippen molar-refractivity contribution in [3.05, 3.63) is 42.7 Å². The Hall–Kier alpha value is -2.76. The Balaban J connectivity index is 1.98. The molecule has 2 amide bonds. The average Bonchev–Trinajstić information content (AvgIpc) is 3.02. The molecule has 0 saturated heterocycles. The summed E-state index contributed by atoms with van der Waals surface area (Å²) in [5.41, 5.74) is 2.12. The number of nitrogens with zero attached hydrogens (tertiary/aromatic N) is 3. The zero-order valence-electron chi connectivity index (χ0n) is 16.0. The molecule has 9 nitrogen and oxygen atoms in total. The molecule has 3 aromatic rings. The molecule has 3 rings (SSSR count). The molecule has 0 fully saturated rings. The molecular formula is C18H21N5O4S2. The van der Waals surface area contributed by atoms with Crippen molar-refractivity contribution in [1.29, 1.82) is 0 Å². The molecule has 0 unspecified atom stereocenters. The number of thiol groups is 1. The topological polar surface area (TPSA) is 120 Å². The zero-order chi connectivity index (χ0) is 21.3. The number of para-hydroxylation sites is 1. The van der Waals surface area contributed by atoms with Gasteiger partial charge in [-0.05, 0) is 44.2 Å². The third-order valence-electron chi connectivity index (χ3n) is 4.02. The van der Waals surface area contributed by atoms with Crippen LogP contribution >= 0.6 is 12.8 Å². The van der Waals surface area contributed by atoms with Crippen molar-refractivity contribution < 1.29 is 17.9 Å². The quantitative estimate of drug-likeness (QED) is 0.532. The predicted molar refractivity (Wildman–Crippen MR) is 115 cm³/mol. The van der Waals surface area contributed by atoms with Gasteiger partial charge < -0.3 is 14.6 Å². The lowest BCUT2D eigenvalue weighted by atomic mass is 10.2. The molecule has 2 aromatic carbocycles. The molecule has 0 radical (unpaired) electrons. The highest BCUT2D eigenvalue weighted by molar-refractivity contribution is 7.89. The van der Waals surface area contributed by atoms with E-state index in [4.69, 9.17) is 9.88 Å². The smallest absolute Gasteiger partial charge is 0.336 e. The number of ether oxygens (including phenoxy) is 1. The van der Waals surface area contributed by atoms with E-state index < -0.39 is 16.1 Å². The van der Waals surface area contributed by atoms with Gasteiger partial charge in [0.15, 0.2) is 0 Å². The minimum atomic E-state index is -3.98. The second-order valence-corrected chi connectivity index (χ2v) is 8.57. The fraction of sp³-hybridized carbons (Fsp3) is 0.222. The molecule has 1 aromatic heterocycles. The number of hydrogen-bond acceptors (Lipinski definition) is 6. The van der Waals surface area contributed by atoms with E-state index >= 15 is 0 Å². The Bertz CT molecular complexity index is 1170. The summed E-state index contributed by atoms with van der Waals surface area (Å²) in [7, 11) is -2.16. The standard InChI is InChI=1S/C18H21N5O4S2/c1-11(2)27-16-8-7-12(29(19,25)26)9-15(16)23(28)18(24)21-14-6-4-5-13-17(14)22(3)10-20-13/h4-11,28H,1-3H3,(H,21,24)(H2,19,25,26). The van der Waals surface area contributed by atoms with E-state index in [9.17, 15) is 13.2 Å². The van der Waals surface area contributed by atoms with Gasteiger partial charge in [0.2, 0.25) is 10.0 Å². The molecular weight excluding hydrogens is 414 g/mol. The van der Waals surface area contributed by atoms with Crippen LogP contribution in [0.25, 0.3) is 11.0 Å². The molecule has 11 heteroatoms. The maximum absolute atomic E-state index is 12.9. The van der Waals surface area contributed by atoms with Crippen molar-refractivity contribution in [1.82, 2.24) is 9.55 Å². The molecule has 0 atom stereocenters. The van der Waals surface area contributed by atoms with Gasteiger partial charge in [-0.1, -0.05) is 18.9 Å². The highest BCUT2D eigenvalue weighted by atomic mass is 32.2. The Morgan fingerprint density at radius 1 is 1.31 bits per heavy atom. The van der Waals surface area contributed by atoms with E-state index in [-0.39, 0.29) is 22.4 Å². The highest BCUT2D eigenvalue weighted by Crippen LogP contribution is 2.33. The normalized spacial score (nSPS) is 11.7. The van der Waals surface area contributed by atoms with Gasteiger partial charge in [0.1, 0.15) is 11.4 Å². The molecule has 3 N–H and O–H groups in total. The summed E-state index contributed by atoms with van der Waals surface area (Å²) in [6.45, 7) is 3.62. The molecule has 0 aliphatic rings. The van der Waals surface area contributed by atoms with Crippen molar-refractivity contribution in [3.63, 3.8) is 0 Å². The first-order valence-corrected chi connectivity index (χ1v) is 10.6. The van der Waals surface area contributed by atoms with Crippen molar-refractivity contribution in [2.24, 2.45) is 12.2 Å². The van der Waals surface area contributed by atoms with Crippen LogP contribution < -0.4 is 19.5 Å². The number of aromatic nitrogens is 2. The number of anilines is 2. The van der Waals surface area contributed by atoms with Crippen LogP contribution in [-0.2, 0) is 17.1 Å². The second kappa shape index (κ2) is 7.93. The average molecular weight is 436 g/mol. The van der Waals surface area contributed by atoms with Gasteiger partial charge in [-0.3, -0.25) is 0 Å². The third-order valence-corrected chi connectivity index (χ3v) is 5.33. The van der Waals surface area contributed by atoms with Gasteiger partial charge in [0.25, 0.3) is 0 Å². The lowest BCUT2D eigenvalue weighted by Gasteiger charge is -2.22. The third kappa shape index (κ3) is 4.47. The van der Waals surface area contributed by atoms with Crippen molar-refractivity contribution >= 4 is 51.3 Å². The molecule has 29 heavy (non-hydrogen) atoms. The number of carbonyl (C=O) groups is 1. The summed E-state index contributed by atoms with van der Waals surface area (Å²) in [5.74, 6) is 0.288. The number of hydrogen-bond donors (Lipinski definition) is 3. The number of urea groups is 1. The Kier molecular flexibility index (Phi) is 5.73. The van der Waals surface area contributed by atoms with Crippen LogP contribution in [0.15, 0.2) is 47.6 Å². The first kappa shape index (κ1) is 21.0. The van der Waals surface area contributed by atoms with Crippen molar-refractivity contribution in [2.45, 2.75) is 24.8 Å². The van der Waals surface area contributed by atoms with Crippen molar-refractivity contribution in [2.75, 3.05) is 9.62 Å². The van der Waals surface area contributed by atoms with E-state index in [0.29, 0.717) is 5.69 Å². The number of rotatable bonds is 5. The van der Waals surface area contributed by atoms with Crippen LogP contribution in [-0.4, -0.2) is 30.1 Å². The first-order valence-electron chi connectivity index (χ1n) is 8.61. The van der Waals surface area contributed by atoms with E-state index in [1.54, 1.807) is 23.0 Å². The number of fused-ring (bicyclic) bond motifs is 1. The number of amides is 2. The van der Waals surface area contributed by atoms with Gasteiger partial charge >= 0.3 is 6.03 Å². The van der Waals surface area contributed by atoms with E-state index in [0.717, 1.165) is 15.3 Å². The Morgan fingerprint density at radius 2 is 2.03 bits per heavy atom. The van der Waals surface area contributed by atoms with Gasteiger partial charge in [0, 0.05) is 7.05 Å². The lowest BCUT2D eigenvalue weighted by Crippen LogP contribution is -2.28. The van der Waals surface area contributed by atoms with Crippen LogP contribution in [0.2, 0.25) is 0 Å². The van der Waals surface area contributed by atoms with Gasteiger partial charge in [-0.25, -0.2) is 27.6 Å². The Morgan fingerprint density at radius 3 is 2.69 bits per heavy atom. The van der Waals surface area contributed by atoms with E-state index in [2.05, 4.69) is 23.1 Å². The molecule has 0 spiro atoms. The van der Waals surface area contributed by atoms with Crippen molar-refractivity contribution in [3.8, 4) is 5.75 Å². The van der Waals surface area contributed by atoms with E-state index in [1.165, 1.54) is 18.2 Å². The van der Waals surface area contributed by atoms with E-state index in [1.807, 2.05) is 27.0 Å². The van der Waals surface area contributed by atoms with Crippen LogP contribution in [0.5, 0.6) is 5.75 Å². The lowest BCUT2D eigenvalue weighted by molar-refractivity contribution is 0.242. The number of sulfonamides is 1. The molecule has 0 bridgehead atoms. The highest BCUT2D eigenvalue weighted by Gasteiger charge is 2.22. The molecule has 0 aliphatic carbocycles. The summed E-state index contributed by atoms with van der Waals surface area (Å²) in [4.78, 5) is 17.0. The number of nitrogens with one attached hydrogen (secondary N) is 1. The van der Waals surface area contributed by atoms with Gasteiger partial charge in [0.05, 0.1) is 34.0 Å². The number of imidazole rings is 1. The van der Waals surface area contributed by atoms with Gasteiger partial charge in [-0.15, -0.1) is 0 Å². The minimum Gasteiger partial charge on any atom is -0.489 e. The number of primary sulfonamides is 1. The first-order chi connectivity index (χ1) is 13.6. The second-order valence-electron chi connectivity index (χ2n) is 6.61. The molecule has 1 heterocycles.